The number of hydrogen-bond acceptors (Lipinski definition) is 2. The van der Waals surface area contributed by atoms with Crippen molar-refractivity contribution in [3.8, 4) is 0 Å². The minimum absolute atomic E-state index is 0.418. The zero-order chi connectivity index (χ0) is 17.3. The summed E-state index contributed by atoms with van der Waals surface area (Å²) in [5, 5.41) is 10.1. The Morgan fingerprint density at radius 1 is 1.08 bits per heavy atom. The van der Waals surface area contributed by atoms with E-state index in [1.54, 1.807) is 6.08 Å². The molecule has 0 amide bonds. The quantitative estimate of drug-likeness (QED) is 0.267. The van der Waals surface area contributed by atoms with Crippen molar-refractivity contribution in [1.29, 1.82) is 5.41 Å². The SMILES string of the molecule is C=CC(Cn1c2ccccc2c2ccccc21)OC(=N)C(Cl)(Cl)Cl. The van der Waals surface area contributed by atoms with Gasteiger partial charge in [-0.2, -0.15) is 0 Å². The molecule has 1 heterocycles. The standard InChI is InChI=1S/C18H15Cl3N2O/c1-2-12(24-17(22)18(19,20)21)11-23-15-9-5-3-7-13(15)14-8-4-6-10-16(14)23/h2-10,12,22H,1,11H2. The molecule has 24 heavy (non-hydrogen) atoms. The number of hydrogen-bond donors (Lipinski definition) is 1. The molecule has 0 saturated carbocycles. The third-order valence-electron chi connectivity index (χ3n) is 3.83. The van der Waals surface area contributed by atoms with Crippen LogP contribution in [0.1, 0.15) is 0 Å². The van der Waals surface area contributed by atoms with Crippen molar-refractivity contribution in [3.63, 3.8) is 0 Å². The van der Waals surface area contributed by atoms with Crippen LogP contribution < -0.4 is 0 Å². The molecule has 0 fully saturated rings. The fourth-order valence-electron chi connectivity index (χ4n) is 2.76. The van der Waals surface area contributed by atoms with Gasteiger partial charge in [0.2, 0.25) is 5.90 Å². The summed E-state index contributed by atoms with van der Waals surface area (Å²) in [4.78, 5) is 0. The highest BCUT2D eigenvalue weighted by Crippen LogP contribution is 2.31. The number of aromatic nitrogens is 1. The number of halogens is 3. The summed E-state index contributed by atoms with van der Waals surface area (Å²) in [5.74, 6) is -0.418. The molecule has 0 bridgehead atoms. The Kier molecular flexibility index (Phi) is 4.77. The van der Waals surface area contributed by atoms with E-state index in [4.69, 9.17) is 44.9 Å². The zero-order valence-electron chi connectivity index (χ0n) is 12.7. The number of para-hydroxylation sites is 2. The van der Waals surface area contributed by atoms with Gasteiger partial charge in [-0.1, -0.05) is 77.8 Å². The average Bonchev–Trinajstić information content (AvgIpc) is 2.88. The maximum atomic E-state index is 7.75. The number of alkyl halides is 3. The number of nitrogens with one attached hydrogen (secondary N) is 1. The molecule has 1 N–H and O–H groups in total. The summed E-state index contributed by atoms with van der Waals surface area (Å²) in [6.45, 7) is 4.23. The largest absolute Gasteiger partial charge is 0.469 e. The molecule has 124 valence electrons. The summed E-state index contributed by atoms with van der Waals surface area (Å²) in [5.41, 5.74) is 2.16. The van der Waals surface area contributed by atoms with E-state index in [0.29, 0.717) is 6.54 Å². The molecule has 3 aromatic rings. The van der Waals surface area contributed by atoms with Crippen LogP contribution in [-0.4, -0.2) is 20.4 Å². The van der Waals surface area contributed by atoms with Crippen LogP contribution >= 0.6 is 34.8 Å². The van der Waals surface area contributed by atoms with Crippen LogP contribution in [0.5, 0.6) is 0 Å². The molecule has 0 spiro atoms. The predicted molar refractivity (Wildman–Crippen MR) is 103 cm³/mol. The lowest BCUT2D eigenvalue weighted by molar-refractivity contribution is 0.211. The number of fused-ring (bicyclic) bond motifs is 3. The Bertz CT molecular complexity index is 858. The van der Waals surface area contributed by atoms with Crippen LogP contribution in [-0.2, 0) is 11.3 Å². The van der Waals surface area contributed by atoms with Crippen molar-refractivity contribution in [2.75, 3.05) is 0 Å². The van der Waals surface area contributed by atoms with Crippen molar-refractivity contribution < 1.29 is 4.74 Å². The van der Waals surface area contributed by atoms with Crippen LogP contribution in [0.4, 0.5) is 0 Å². The minimum atomic E-state index is -1.89. The molecule has 0 radical (unpaired) electrons. The lowest BCUT2D eigenvalue weighted by Crippen LogP contribution is -2.28. The van der Waals surface area contributed by atoms with Crippen LogP contribution in [0.15, 0.2) is 61.2 Å². The van der Waals surface area contributed by atoms with E-state index in [2.05, 4.69) is 35.4 Å². The monoisotopic (exact) mass is 380 g/mol. The first kappa shape index (κ1) is 17.2. The Morgan fingerprint density at radius 3 is 2.04 bits per heavy atom. The lowest BCUT2D eigenvalue weighted by atomic mass is 10.2. The highest BCUT2D eigenvalue weighted by Gasteiger charge is 2.30. The van der Waals surface area contributed by atoms with E-state index >= 15 is 0 Å². The van der Waals surface area contributed by atoms with Crippen molar-refractivity contribution in [2.24, 2.45) is 0 Å². The van der Waals surface area contributed by atoms with Crippen LogP contribution in [0, 0.1) is 5.41 Å². The van der Waals surface area contributed by atoms with E-state index in [9.17, 15) is 0 Å². The highest BCUT2D eigenvalue weighted by molar-refractivity contribution is 6.76. The number of ether oxygens (including phenoxy) is 1. The molecule has 0 aliphatic carbocycles. The molecule has 3 rings (SSSR count). The fraction of sp³-hybridized carbons (Fsp3) is 0.167. The van der Waals surface area contributed by atoms with E-state index in [0.717, 1.165) is 21.8 Å². The Hall–Kier alpha value is -1.68. The highest BCUT2D eigenvalue weighted by atomic mass is 35.6. The topological polar surface area (TPSA) is 38.0 Å². The van der Waals surface area contributed by atoms with E-state index in [1.165, 1.54) is 0 Å². The summed E-state index contributed by atoms with van der Waals surface area (Å²) >= 11 is 17.1. The van der Waals surface area contributed by atoms with Gasteiger partial charge in [0.05, 0.1) is 6.54 Å². The molecular weight excluding hydrogens is 367 g/mol. The Labute approximate surface area is 154 Å². The first-order valence-electron chi connectivity index (χ1n) is 7.32. The molecule has 6 heteroatoms. The summed E-state index contributed by atoms with van der Waals surface area (Å²) in [6.07, 6.45) is 1.11. The molecule has 0 aliphatic heterocycles. The second kappa shape index (κ2) is 6.67. The van der Waals surface area contributed by atoms with Gasteiger partial charge in [0, 0.05) is 21.8 Å². The summed E-state index contributed by atoms with van der Waals surface area (Å²) in [7, 11) is 0. The first-order valence-corrected chi connectivity index (χ1v) is 8.46. The van der Waals surface area contributed by atoms with Gasteiger partial charge in [-0.15, -0.1) is 0 Å². The number of benzene rings is 2. The van der Waals surface area contributed by atoms with Gasteiger partial charge in [0.1, 0.15) is 6.10 Å². The molecular formula is C18H15Cl3N2O. The zero-order valence-corrected chi connectivity index (χ0v) is 14.9. The van der Waals surface area contributed by atoms with Gasteiger partial charge in [-0.3, -0.25) is 5.41 Å². The van der Waals surface area contributed by atoms with Gasteiger partial charge < -0.3 is 9.30 Å². The third-order valence-corrected chi connectivity index (χ3v) is 4.35. The molecule has 1 atom stereocenters. The smallest absolute Gasteiger partial charge is 0.265 e. The second-order valence-electron chi connectivity index (χ2n) is 5.36. The van der Waals surface area contributed by atoms with Gasteiger partial charge in [-0.25, -0.2) is 0 Å². The minimum Gasteiger partial charge on any atom is -0.469 e. The molecule has 0 aliphatic rings. The molecule has 3 nitrogen and oxygen atoms in total. The van der Waals surface area contributed by atoms with Gasteiger partial charge in [-0.05, 0) is 18.2 Å². The maximum absolute atomic E-state index is 7.75. The van der Waals surface area contributed by atoms with Crippen LogP contribution in [0.2, 0.25) is 0 Å². The van der Waals surface area contributed by atoms with Crippen molar-refractivity contribution in [3.05, 3.63) is 61.2 Å². The molecule has 0 saturated heterocycles. The molecule has 1 aromatic heterocycles. The first-order chi connectivity index (χ1) is 11.4. The fourth-order valence-corrected chi connectivity index (χ4v) is 2.89. The maximum Gasteiger partial charge on any atom is 0.265 e. The van der Waals surface area contributed by atoms with Crippen molar-refractivity contribution >= 4 is 62.5 Å². The normalized spacial score (nSPS) is 13.1. The van der Waals surface area contributed by atoms with Crippen LogP contribution in [0.3, 0.4) is 0 Å². The predicted octanol–water partition coefficient (Wildman–Crippen LogP) is 5.71. The average molecular weight is 382 g/mol. The number of nitrogens with zero attached hydrogens (tertiary/aromatic N) is 1. The second-order valence-corrected chi connectivity index (χ2v) is 7.65. The lowest BCUT2D eigenvalue weighted by Gasteiger charge is -2.21. The Balaban J connectivity index is 2.01. The third kappa shape index (κ3) is 3.25. The van der Waals surface area contributed by atoms with Gasteiger partial charge in [0.25, 0.3) is 3.79 Å². The van der Waals surface area contributed by atoms with Crippen molar-refractivity contribution in [1.82, 2.24) is 4.57 Å². The Morgan fingerprint density at radius 2 is 1.58 bits per heavy atom. The van der Waals surface area contributed by atoms with E-state index in [1.807, 2.05) is 24.3 Å². The molecule has 1 unspecified atom stereocenters. The summed E-state index contributed by atoms with van der Waals surface area (Å²) in [6, 6.07) is 16.3. The summed E-state index contributed by atoms with van der Waals surface area (Å²) < 4.78 is 5.72. The van der Waals surface area contributed by atoms with E-state index < -0.39 is 15.8 Å². The van der Waals surface area contributed by atoms with Crippen LogP contribution in [0.25, 0.3) is 21.8 Å². The molecule has 2 aromatic carbocycles. The number of rotatable bonds is 4. The van der Waals surface area contributed by atoms with Crippen molar-refractivity contribution in [2.45, 2.75) is 16.4 Å². The van der Waals surface area contributed by atoms with Gasteiger partial charge in [0.15, 0.2) is 0 Å². The van der Waals surface area contributed by atoms with Gasteiger partial charge >= 0.3 is 0 Å². The van der Waals surface area contributed by atoms with E-state index in [-0.39, 0.29) is 0 Å².